The van der Waals surface area contributed by atoms with E-state index in [9.17, 15) is 4.79 Å². The molecule has 146 valence electrons. The van der Waals surface area contributed by atoms with Crippen molar-refractivity contribution in [3.05, 3.63) is 56.0 Å². The van der Waals surface area contributed by atoms with Gasteiger partial charge in [-0.2, -0.15) is 0 Å². The average molecular weight is 477 g/mol. The molecule has 0 fully saturated rings. The molecular formula is C19H20BrCl2NO4. The van der Waals surface area contributed by atoms with Crippen molar-refractivity contribution in [3.8, 4) is 11.5 Å². The normalized spacial score (nSPS) is 11.9. The van der Waals surface area contributed by atoms with Crippen molar-refractivity contribution in [2.75, 3.05) is 6.61 Å². The molecule has 0 radical (unpaired) electrons. The predicted octanol–water partition coefficient (Wildman–Crippen LogP) is 5.30. The molecule has 0 saturated carbocycles. The number of hydrogen-bond donors (Lipinski definition) is 2. The highest BCUT2D eigenvalue weighted by molar-refractivity contribution is 9.10. The van der Waals surface area contributed by atoms with Crippen molar-refractivity contribution < 1.29 is 19.4 Å². The van der Waals surface area contributed by atoms with Crippen LogP contribution >= 0.6 is 39.1 Å². The topological polar surface area (TPSA) is 67.8 Å². The SMILES string of the molecule is CCOc1cc(CNC(C)C(=O)O)cc(Br)c1OCc1ccc(Cl)c(Cl)c1. The van der Waals surface area contributed by atoms with Crippen LogP contribution in [-0.4, -0.2) is 23.7 Å². The molecule has 0 aromatic heterocycles. The van der Waals surface area contributed by atoms with E-state index in [1.807, 2.05) is 25.1 Å². The molecule has 0 aliphatic heterocycles. The minimum absolute atomic E-state index is 0.295. The first kappa shape index (κ1) is 21.8. The zero-order valence-electron chi connectivity index (χ0n) is 14.9. The summed E-state index contributed by atoms with van der Waals surface area (Å²) >= 11 is 15.5. The summed E-state index contributed by atoms with van der Waals surface area (Å²) in [5.74, 6) is 0.241. The van der Waals surface area contributed by atoms with Crippen LogP contribution < -0.4 is 14.8 Å². The third-order valence-corrected chi connectivity index (χ3v) is 5.05. The fourth-order valence-electron chi connectivity index (χ4n) is 2.27. The Morgan fingerprint density at radius 3 is 2.56 bits per heavy atom. The molecule has 1 atom stereocenters. The highest BCUT2D eigenvalue weighted by Gasteiger charge is 2.15. The molecular weight excluding hydrogens is 457 g/mol. The minimum Gasteiger partial charge on any atom is -0.490 e. The maximum absolute atomic E-state index is 10.9. The Bertz CT molecular complexity index is 817. The van der Waals surface area contributed by atoms with Crippen molar-refractivity contribution in [1.29, 1.82) is 0 Å². The monoisotopic (exact) mass is 475 g/mol. The predicted molar refractivity (Wildman–Crippen MR) is 110 cm³/mol. The van der Waals surface area contributed by atoms with Crippen molar-refractivity contribution >= 4 is 45.1 Å². The van der Waals surface area contributed by atoms with Crippen LogP contribution in [0.1, 0.15) is 25.0 Å². The van der Waals surface area contributed by atoms with E-state index in [1.165, 1.54) is 0 Å². The zero-order chi connectivity index (χ0) is 20.0. The summed E-state index contributed by atoms with van der Waals surface area (Å²) in [4.78, 5) is 10.9. The number of carboxylic acids is 1. The van der Waals surface area contributed by atoms with Crippen LogP contribution in [0.4, 0.5) is 0 Å². The molecule has 27 heavy (non-hydrogen) atoms. The largest absolute Gasteiger partial charge is 0.490 e. The minimum atomic E-state index is -0.902. The van der Waals surface area contributed by atoms with Gasteiger partial charge in [0, 0.05) is 6.54 Å². The van der Waals surface area contributed by atoms with Gasteiger partial charge in [0.25, 0.3) is 0 Å². The van der Waals surface area contributed by atoms with Gasteiger partial charge in [-0.05, 0) is 65.2 Å². The first-order chi connectivity index (χ1) is 12.8. The molecule has 2 aromatic rings. The summed E-state index contributed by atoms with van der Waals surface area (Å²) in [6.45, 7) is 4.63. The lowest BCUT2D eigenvalue weighted by Gasteiger charge is -2.16. The maximum atomic E-state index is 10.9. The Labute approximate surface area is 176 Å². The smallest absolute Gasteiger partial charge is 0.320 e. The van der Waals surface area contributed by atoms with Gasteiger partial charge < -0.3 is 19.9 Å². The molecule has 0 spiro atoms. The molecule has 2 rings (SSSR count). The van der Waals surface area contributed by atoms with Gasteiger partial charge in [0.15, 0.2) is 11.5 Å². The van der Waals surface area contributed by atoms with Gasteiger partial charge in [0.1, 0.15) is 12.6 Å². The zero-order valence-corrected chi connectivity index (χ0v) is 18.0. The second kappa shape index (κ2) is 10.2. The number of nitrogens with one attached hydrogen (secondary N) is 1. The Morgan fingerprint density at radius 2 is 1.93 bits per heavy atom. The van der Waals surface area contributed by atoms with Gasteiger partial charge in [-0.3, -0.25) is 4.79 Å². The van der Waals surface area contributed by atoms with E-state index in [4.69, 9.17) is 37.8 Å². The first-order valence-electron chi connectivity index (χ1n) is 8.30. The second-order valence-corrected chi connectivity index (χ2v) is 7.48. The van der Waals surface area contributed by atoms with Crippen molar-refractivity contribution in [2.45, 2.75) is 33.0 Å². The number of ether oxygens (including phenoxy) is 2. The van der Waals surface area contributed by atoms with Gasteiger partial charge >= 0.3 is 5.97 Å². The molecule has 0 heterocycles. The van der Waals surface area contributed by atoms with Crippen LogP contribution in [0.5, 0.6) is 11.5 Å². The lowest BCUT2D eigenvalue weighted by molar-refractivity contribution is -0.139. The van der Waals surface area contributed by atoms with Crippen LogP contribution in [0, 0.1) is 0 Å². The summed E-state index contributed by atoms with van der Waals surface area (Å²) in [6, 6.07) is 8.37. The standard InChI is InChI=1S/C19H20BrCl2NO4/c1-3-26-17-8-13(9-23-11(2)19(24)25)6-14(20)18(17)27-10-12-4-5-15(21)16(22)7-12/h4-8,11,23H,3,9-10H2,1-2H3,(H,24,25). The van der Waals surface area contributed by atoms with E-state index < -0.39 is 12.0 Å². The Hall–Kier alpha value is -1.47. The van der Waals surface area contributed by atoms with E-state index in [0.717, 1.165) is 11.1 Å². The highest BCUT2D eigenvalue weighted by atomic mass is 79.9. The number of hydrogen-bond acceptors (Lipinski definition) is 4. The van der Waals surface area contributed by atoms with Gasteiger partial charge in [-0.1, -0.05) is 29.3 Å². The van der Waals surface area contributed by atoms with Gasteiger partial charge in [-0.15, -0.1) is 0 Å². The molecule has 8 heteroatoms. The third kappa shape index (κ3) is 6.28. The van der Waals surface area contributed by atoms with Crippen molar-refractivity contribution in [1.82, 2.24) is 5.32 Å². The quantitative estimate of drug-likeness (QED) is 0.514. The van der Waals surface area contributed by atoms with E-state index in [2.05, 4.69) is 21.2 Å². The number of carboxylic acid groups (broad SMARTS) is 1. The Balaban J connectivity index is 2.16. The Kier molecular flexibility index (Phi) is 8.23. The van der Waals surface area contributed by atoms with Gasteiger partial charge in [-0.25, -0.2) is 0 Å². The molecule has 0 saturated heterocycles. The molecule has 2 N–H and O–H groups in total. The number of halogens is 3. The highest BCUT2D eigenvalue weighted by Crippen LogP contribution is 2.37. The van der Waals surface area contributed by atoms with Crippen LogP contribution in [0.15, 0.2) is 34.8 Å². The van der Waals surface area contributed by atoms with E-state index in [0.29, 0.717) is 45.8 Å². The summed E-state index contributed by atoms with van der Waals surface area (Å²) in [6.07, 6.45) is 0. The summed E-state index contributed by atoms with van der Waals surface area (Å²) in [5.41, 5.74) is 1.75. The molecule has 2 aromatic carbocycles. The van der Waals surface area contributed by atoms with Crippen molar-refractivity contribution in [3.63, 3.8) is 0 Å². The average Bonchev–Trinajstić information content (AvgIpc) is 2.62. The molecule has 5 nitrogen and oxygen atoms in total. The summed E-state index contributed by atoms with van der Waals surface area (Å²) in [5, 5.41) is 12.9. The number of rotatable bonds is 9. The first-order valence-corrected chi connectivity index (χ1v) is 9.84. The van der Waals surface area contributed by atoms with Gasteiger partial charge in [0.05, 0.1) is 21.1 Å². The fourth-order valence-corrected chi connectivity index (χ4v) is 3.19. The van der Waals surface area contributed by atoms with Crippen LogP contribution in [0.2, 0.25) is 10.0 Å². The lowest BCUT2D eigenvalue weighted by atomic mass is 10.2. The number of benzene rings is 2. The maximum Gasteiger partial charge on any atom is 0.320 e. The molecule has 1 unspecified atom stereocenters. The number of aliphatic carboxylic acids is 1. The molecule has 0 bridgehead atoms. The lowest BCUT2D eigenvalue weighted by Crippen LogP contribution is -2.33. The fraction of sp³-hybridized carbons (Fsp3) is 0.316. The van der Waals surface area contributed by atoms with E-state index in [-0.39, 0.29) is 0 Å². The van der Waals surface area contributed by atoms with Gasteiger partial charge in [0.2, 0.25) is 0 Å². The van der Waals surface area contributed by atoms with E-state index >= 15 is 0 Å². The molecule has 0 amide bonds. The van der Waals surface area contributed by atoms with Crippen LogP contribution in [-0.2, 0) is 17.9 Å². The third-order valence-electron chi connectivity index (χ3n) is 3.72. The second-order valence-electron chi connectivity index (χ2n) is 5.82. The van der Waals surface area contributed by atoms with E-state index in [1.54, 1.807) is 19.1 Å². The Morgan fingerprint density at radius 1 is 1.19 bits per heavy atom. The van der Waals surface area contributed by atoms with Crippen LogP contribution in [0.25, 0.3) is 0 Å². The van der Waals surface area contributed by atoms with Crippen LogP contribution in [0.3, 0.4) is 0 Å². The molecule has 0 aliphatic carbocycles. The number of carbonyl (C=O) groups is 1. The van der Waals surface area contributed by atoms with Crippen molar-refractivity contribution in [2.24, 2.45) is 0 Å². The summed E-state index contributed by atoms with van der Waals surface area (Å²) < 4.78 is 12.3. The molecule has 0 aliphatic rings. The summed E-state index contributed by atoms with van der Waals surface area (Å²) in [7, 11) is 0.